The van der Waals surface area contributed by atoms with Crippen molar-refractivity contribution >= 4 is 27.6 Å². The molecule has 1 fully saturated rings. The molecule has 0 amide bonds. The van der Waals surface area contributed by atoms with Gasteiger partial charge in [0, 0.05) is 24.8 Å². The highest BCUT2D eigenvalue weighted by atomic mass is 32.1. The zero-order valence-electron chi connectivity index (χ0n) is 15.7. The van der Waals surface area contributed by atoms with Crippen LogP contribution < -0.4 is 4.90 Å². The number of ether oxygens (including phenoxy) is 1. The van der Waals surface area contributed by atoms with Crippen LogP contribution in [0.1, 0.15) is 13.8 Å². The third kappa shape index (κ3) is 2.76. The number of pyridine rings is 1. The number of hydrogen-bond acceptors (Lipinski definition) is 8. The molecule has 0 spiro atoms. The number of rotatable bonds is 4. The lowest BCUT2D eigenvalue weighted by Crippen LogP contribution is -2.44. The second kappa shape index (κ2) is 6.95. The first kappa shape index (κ1) is 17.3. The molecule has 5 heterocycles. The van der Waals surface area contributed by atoms with Crippen LogP contribution in [0.4, 0.5) is 5.82 Å². The van der Waals surface area contributed by atoms with E-state index in [-0.39, 0.29) is 6.04 Å². The van der Waals surface area contributed by atoms with E-state index < -0.39 is 0 Å². The van der Waals surface area contributed by atoms with Crippen molar-refractivity contribution < 1.29 is 4.74 Å². The molecule has 4 aromatic heterocycles. The summed E-state index contributed by atoms with van der Waals surface area (Å²) in [6.45, 7) is 7.16. The second-order valence-corrected chi connectivity index (χ2v) is 7.53. The summed E-state index contributed by atoms with van der Waals surface area (Å²) < 4.78 is 13.2. The predicted octanol–water partition coefficient (Wildman–Crippen LogP) is 2.58. The van der Waals surface area contributed by atoms with Crippen molar-refractivity contribution in [3.63, 3.8) is 0 Å². The van der Waals surface area contributed by atoms with E-state index in [0.717, 1.165) is 51.8 Å². The number of H-pyrrole nitrogens is 1. The highest BCUT2D eigenvalue weighted by Gasteiger charge is 2.25. The second-order valence-electron chi connectivity index (χ2n) is 6.76. The van der Waals surface area contributed by atoms with E-state index in [9.17, 15) is 0 Å². The van der Waals surface area contributed by atoms with Gasteiger partial charge in [0.25, 0.3) is 0 Å². The van der Waals surface area contributed by atoms with Crippen molar-refractivity contribution in [3.05, 3.63) is 24.5 Å². The van der Waals surface area contributed by atoms with E-state index in [1.165, 1.54) is 11.5 Å². The smallest absolute Gasteiger partial charge is 0.130 e. The minimum absolute atomic E-state index is 0.253. The maximum atomic E-state index is 5.61. The average Bonchev–Trinajstić information content (AvgIpc) is 3.46. The first-order valence-electron chi connectivity index (χ1n) is 9.29. The Morgan fingerprint density at radius 3 is 3.11 bits per heavy atom. The Balaban J connectivity index is 1.75. The summed E-state index contributed by atoms with van der Waals surface area (Å²) in [5.41, 5.74) is 4.56. The van der Waals surface area contributed by atoms with Crippen LogP contribution in [-0.4, -0.2) is 60.3 Å². The molecule has 0 saturated carbocycles. The topological polar surface area (TPSA) is 97.6 Å². The largest absolute Gasteiger partial charge is 0.377 e. The van der Waals surface area contributed by atoms with E-state index in [4.69, 9.17) is 9.72 Å². The lowest BCUT2D eigenvalue weighted by Gasteiger charge is -2.34. The molecule has 0 bridgehead atoms. The molecule has 0 aromatic carbocycles. The summed E-state index contributed by atoms with van der Waals surface area (Å²) >= 11 is 1.44. The van der Waals surface area contributed by atoms with Crippen LogP contribution in [0.5, 0.6) is 0 Å². The van der Waals surface area contributed by atoms with Gasteiger partial charge in [-0.15, -0.1) is 5.10 Å². The summed E-state index contributed by atoms with van der Waals surface area (Å²) in [7, 11) is 0. The SMILES string of the molecule is CCn1nncc1-c1cc(N2CCOCC2C)nc2c(-c3ccn[nH]3)nsc12. The zero-order chi connectivity index (χ0) is 19.1. The van der Waals surface area contributed by atoms with Gasteiger partial charge in [-0.3, -0.25) is 5.10 Å². The van der Waals surface area contributed by atoms with E-state index in [2.05, 4.69) is 49.7 Å². The van der Waals surface area contributed by atoms with Crippen LogP contribution in [0.15, 0.2) is 24.5 Å². The minimum Gasteiger partial charge on any atom is -0.377 e. The summed E-state index contributed by atoms with van der Waals surface area (Å²) in [5.74, 6) is 0.920. The van der Waals surface area contributed by atoms with Gasteiger partial charge >= 0.3 is 0 Å². The maximum absolute atomic E-state index is 5.61. The highest BCUT2D eigenvalue weighted by molar-refractivity contribution is 7.14. The molecule has 1 aliphatic heterocycles. The Morgan fingerprint density at radius 1 is 1.39 bits per heavy atom. The molecule has 1 saturated heterocycles. The number of nitrogens with one attached hydrogen (secondary N) is 1. The van der Waals surface area contributed by atoms with Crippen LogP contribution in [0, 0.1) is 0 Å². The minimum atomic E-state index is 0.253. The molecule has 4 aromatic rings. The molecule has 10 heteroatoms. The molecule has 1 N–H and O–H groups in total. The van der Waals surface area contributed by atoms with Crippen LogP contribution >= 0.6 is 11.5 Å². The van der Waals surface area contributed by atoms with E-state index >= 15 is 0 Å². The van der Waals surface area contributed by atoms with Crippen molar-refractivity contribution in [3.8, 4) is 22.6 Å². The standard InChI is InChI=1S/C18H20N8OS/c1-3-26-14(9-20-24-26)12-8-15(25-6-7-27-10-11(25)2)21-17-16(23-28-18(12)17)13-4-5-19-22-13/h4-5,8-9,11H,3,6-7,10H2,1-2H3,(H,19,22). The van der Waals surface area contributed by atoms with Gasteiger partial charge in [0.1, 0.15) is 17.0 Å². The number of fused-ring (bicyclic) bond motifs is 1. The van der Waals surface area contributed by atoms with E-state index in [0.29, 0.717) is 13.2 Å². The van der Waals surface area contributed by atoms with Crippen molar-refractivity contribution in [2.24, 2.45) is 0 Å². The molecule has 1 unspecified atom stereocenters. The average molecular weight is 396 g/mol. The van der Waals surface area contributed by atoms with Crippen LogP contribution in [0.25, 0.3) is 32.9 Å². The van der Waals surface area contributed by atoms with E-state index in [1.54, 1.807) is 12.4 Å². The van der Waals surface area contributed by atoms with Gasteiger partial charge in [-0.2, -0.15) is 9.47 Å². The Kier molecular flexibility index (Phi) is 4.29. The van der Waals surface area contributed by atoms with Crippen molar-refractivity contribution in [2.75, 3.05) is 24.7 Å². The molecule has 0 radical (unpaired) electrons. The molecule has 5 rings (SSSR count). The summed E-state index contributed by atoms with van der Waals surface area (Å²) in [6.07, 6.45) is 3.53. The number of nitrogens with zero attached hydrogens (tertiary/aromatic N) is 7. The van der Waals surface area contributed by atoms with Crippen molar-refractivity contribution in [2.45, 2.75) is 26.4 Å². The summed E-state index contributed by atoms with van der Waals surface area (Å²) in [6, 6.07) is 4.30. The van der Waals surface area contributed by atoms with Crippen LogP contribution in [-0.2, 0) is 11.3 Å². The number of anilines is 1. The Hall–Kier alpha value is -2.85. The number of morpholine rings is 1. The van der Waals surface area contributed by atoms with Gasteiger partial charge in [0.2, 0.25) is 0 Å². The number of aromatic amines is 1. The molecule has 1 atom stereocenters. The quantitative estimate of drug-likeness (QED) is 0.566. The van der Waals surface area contributed by atoms with Gasteiger partial charge in [0.05, 0.1) is 41.5 Å². The van der Waals surface area contributed by atoms with Crippen molar-refractivity contribution in [1.82, 2.24) is 34.5 Å². The van der Waals surface area contributed by atoms with Gasteiger partial charge in [-0.1, -0.05) is 5.21 Å². The first-order chi connectivity index (χ1) is 13.8. The fourth-order valence-electron chi connectivity index (χ4n) is 3.58. The molecule has 0 aliphatic carbocycles. The van der Waals surface area contributed by atoms with Gasteiger partial charge < -0.3 is 9.64 Å². The zero-order valence-corrected chi connectivity index (χ0v) is 16.5. The monoisotopic (exact) mass is 396 g/mol. The van der Waals surface area contributed by atoms with Crippen LogP contribution in [0.3, 0.4) is 0 Å². The molecule has 144 valence electrons. The number of aromatic nitrogens is 7. The molecular weight excluding hydrogens is 376 g/mol. The Labute approximate surface area is 165 Å². The fourth-order valence-corrected chi connectivity index (χ4v) is 4.43. The molecule has 1 aliphatic rings. The maximum Gasteiger partial charge on any atom is 0.130 e. The molecule has 9 nitrogen and oxygen atoms in total. The molecule has 28 heavy (non-hydrogen) atoms. The molecular formula is C18H20N8OS. The Morgan fingerprint density at radius 2 is 2.32 bits per heavy atom. The van der Waals surface area contributed by atoms with E-state index in [1.807, 2.05) is 10.7 Å². The van der Waals surface area contributed by atoms with Crippen molar-refractivity contribution in [1.29, 1.82) is 0 Å². The van der Waals surface area contributed by atoms with Gasteiger partial charge in [-0.05, 0) is 37.5 Å². The van der Waals surface area contributed by atoms with Gasteiger partial charge in [-0.25, -0.2) is 9.67 Å². The highest BCUT2D eigenvalue weighted by Crippen LogP contribution is 2.38. The van der Waals surface area contributed by atoms with Gasteiger partial charge in [0.15, 0.2) is 0 Å². The Bertz CT molecular complexity index is 1100. The number of hydrogen-bond donors (Lipinski definition) is 1. The summed E-state index contributed by atoms with van der Waals surface area (Å²) in [4.78, 5) is 7.30. The lowest BCUT2D eigenvalue weighted by atomic mass is 10.1. The number of aryl methyl sites for hydroxylation is 1. The lowest BCUT2D eigenvalue weighted by molar-refractivity contribution is 0.0986. The third-order valence-corrected chi connectivity index (χ3v) is 5.89. The third-order valence-electron chi connectivity index (χ3n) is 5.02. The predicted molar refractivity (Wildman–Crippen MR) is 107 cm³/mol. The first-order valence-corrected chi connectivity index (χ1v) is 10.1. The summed E-state index contributed by atoms with van der Waals surface area (Å²) in [5, 5.41) is 15.4. The van der Waals surface area contributed by atoms with Crippen LogP contribution in [0.2, 0.25) is 0 Å². The fraction of sp³-hybridized carbons (Fsp3) is 0.389. The normalized spacial score (nSPS) is 17.5.